The molecule has 1 heterocycles. The molecule has 2 aromatic rings. The molecule has 0 saturated heterocycles. The summed E-state index contributed by atoms with van der Waals surface area (Å²) in [6.07, 6.45) is 2.60. The maximum atomic E-state index is 10.9. The summed E-state index contributed by atoms with van der Waals surface area (Å²) in [6, 6.07) is 9.33. The summed E-state index contributed by atoms with van der Waals surface area (Å²) in [5.41, 5.74) is 3.51. The van der Waals surface area contributed by atoms with Gasteiger partial charge in [0.2, 0.25) is 0 Å². The van der Waals surface area contributed by atoms with Crippen molar-refractivity contribution in [3.05, 3.63) is 47.8 Å². The lowest BCUT2D eigenvalue weighted by Crippen LogP contribution is -1.95. The van der Waals surface area contributed by atoms with E-state index in [0.717, 1.165) is 28.9 Å². The number of ether oxygens (including phenoxy) is 1. The van der Waals surface area contributed by atoms with Crippen LogP contribution < -0.4 is 4.74 Å². The summed E-state index contributed by atoms with van der Waals surface area (Å²) < 4.78 is 5.59. The van der Waals surface area contributed by atoms with Crippen molar-refractivity contribution in [2.45, 2.75) is 13.8 Å². The maximum Gasteiger partial charge on any atom is 0.150 e. The highest BCUT2D eigenvalue weighted by molar-refractivity contribution is 5.81. The fourth-order valence-corrected chi connectivity index (χ4v) is 1.84. The Morgan fingerprint density at radius 2 is 2.11 bits per heavy atom. The zero-order valence-electron chi connectivity index (χ0n) is 10.5. The molecule has 0 fully saturated rings. The fraction of sp³-hybridized carbons (Fsp3) is 0.200. The maximum absolute atomic E-state index is 10.9. The van der Waals surface area contributed by atoms with Crippen LogP contribution in [0.15, 0.2) is 36.5 Å². The van der Waals surface area contributed by atoms with Crippen molar-refractivity contribution < 1.29 is 9.53 Å². The van der Waals surface area contributed by atoms with Gasteiger partial charge in [0.25, 0.3) is 0 Å². The molecule has 1 aromatic heterocycles. The van der Waals surface area contributed by atoms with Crippen LogP contribution in [0.2, 0.25) is 0 Å². The Morgan fingerprint density at radius 1 is 1.28 bits per heavy atom. The van der Waals surface area contributed by atoms with Crippen LogP contribution >= 0.6 is 0 Å². The Bertz CT molecular complexity index is 564. The predicted molar refractivity (Wildman–Crippen MR) is 71.0 cm³/mol. The minimum absolute atomic E-state index is 0.595. The number of pyridine rings is 1. The summed E-state index contributed by atoms with van der Waals surface area (Å²) in [7, 11) is 0. The molecule has 0 aliphatic carbocycles. The molecule has 0 bridgehead atoms. The normalized spacial score (nSPS) is 10.1. The van der Waals surface area contributed by atoms with Gasteiger partial charge >= 0.3 is 0 Å². The summed E-state index contributed by atoms with van der Waals surface area (Å²) in [6.45, 7) is 4.47. The Balaban J connectivity index is 2.55. The zero-order chi connectivity index (χ0) is 13.0. The molecule has 0 unspecified atom stereocenters. The molecule has 0 aliphatic heterocycles. The molecule has 0 atom stereocenters. The van der Waals surface area contributed by atoms with Crippen LogP contribution in [0.25, 0.3) is 11.1 Å². The topological polar surface area (TPSA) is 39.2 Å². The molecule has 2 rings (SSSR count). The average molecular weight is 241 g/mol. The fourth-order valence-electron chi connectivity index (χ4n) is 1.84. The number of aromatic nitrogens is 1. The second kappa shape index (κ2) is 5.45. The molecular weight excluding hydrogens is 226 g/mol. The van der Waals surface area contributed by atoms with E-state index in [1.807, 2.05) is 38.1 Å². The number of carbonyl (C=O) groups is 1. The van der Waals surface area contributed by atoms with E-state index in [0.29, 0.717) is 12.2 Å². The van der Waals surface area contributed by atoms with Crippen LogP contribution in [0.3, 0.4) is 0 Å². The molecule has 18 heavy (non-hydrogen) atoms. The van der Waals surface area contributed by atoms with Gasteiger partial charge in [0.05, 0.1) is 6.61 Å². The smallest absolute Gasteiger partial charge is 0.150 e. The van der Waals surface area contributed by atoms with Crippen LogP contribution in [-0.2, 0) is 0 Å². The first-order valence-electron chi connectivity index (χ1n) is 5.89. The molecule has 0 spiro atoms. The first kappa shape index (κ1) is 12.3. The Morgan fingerprint density at radius 3 is 2.78 bits per heavy atom. The van der Waals surface area contributed by atoms with Gasteiger partial charge in [-0.3, -0.25) is 9.78 Å². The van der Waals surface area contributed by atoms with Gasteiger partial charge in [0.1, 0.15) is 12.0 Å². The van der Waals surface area contributed by atoms with E-state index >= 15 is 0 Å². The van der Waals surface area contributed by atoms with Crippen molar-refractivity contribution in [3.8, 4) is 16.9 Å². The van der Waals surface area contributed by atoms with Crippen molar-refractivity contribution in [2.24, 2.45) is 0 Å². The lowest BCUT2D eigenvalue weighted by Gasteiger charge is -2.11. The number of aryl methyl sites for hydroxylation is 1. The third-order valence-corrected chi connectivity index (χ3v) is 2.65. The average Bonchev–Trinajstić information content (AvgIpc) is 2.39. The predicted octanol–water partition coefficient (Wildman–Crippen LogP) is 3.27. The van der Waals surface area contributed by atoms with E-state index < -0.39 is 0 Å². The second-order valence-corrected chi connectivity index (χ2v) is 3.99. The van der Waals surface area contributed by atoms with Gasteiger partial charge in [-0.25, -0.2) is 0 Å². The lowest BCUT2D eigenvalue weighted by molar-refractivity contribution is 0.112. The lowest BCUT2D eigenvalue weighted by atomic mass is 10.0. The highest BCUT2D eigenvalue weighted by atomic mass is 16.5. The summed E-state index contributed by atoms with van der Waals surface area (Å²) >= 11 is 0. The minimum atomic E-state index is 0.595. The highest BCUT2D eigenvalue weighted by Gasteiger charge is 2.07. The highest BCUT2D eigenvalue weighted by Crippen LogP contribution is 2.30. The molecule has 0 N–H and O–H groups in total. The van der Waals surface area contributed by atoms with Crippen molar-refractivity contribution >= 4 is 6.29 Å². The van der Waals surface area contributed by atoms with Crippen LogP contribution in [0.1, 0.15) is 23.0 Å². The van der Waals surface area contributed by atoms with Crippen molar-refractivity contribution in [1.82, 2.24) is 4.98 Å². The van der Waals surface area contributed by atoms with Gasteiger partial charge < -0.3 is 4.74 Å². The van der Waals surface area contributed by atoms with Crippen LogP contribution in [0.5, 0.6) is 5.75 Å². The molecule has 3 nitrogen and oxygen atoms in total. The monoisotopic (exact) mass is 241 g/mol. The third-order valence-electron chi connectivity index (χ3n) is 2.65. The number of hydrogen-bond acceptors (Lipinski definition) is 3. The van der Waals surface area contributed by atoms with E-state index in [1.54, 1.807) is 12.3 Å². The molecule has 0 aliphatic rings. The Hall–Kier alpha value is -2.16. The van der Waals surface area contributed by atoms with E-state index in [9.17, 15) is 4.79 Å². The Kier molecular flexibility index (Phi) is 3.72. The van der Waals surface area contributed by atoms with Crippen molar-refractivity contribution in [3.63, 3.8) is 0 Å². The number of aldehydes is 1. The third kappa shape index (κ3) is 2.56. The molecule has 3 heteroatoms. The van der Waals surface area contributed by atoms with E-state index in [4.69, 9.17) is 4.74 Å². The largest absolute Gasteiger partial charge is 0.493 e. The van der Waals surface area contributed by atoms with E-state index in [2.05, 4.69) is 4.98 Å². The molecule has 0 amide bonds. The molecule has 0 saturated carbocycles. The quantitative estimate of drug-likeness (QED) is 0.771. The van der Waals surface area contributed by atoms with E-state index in [1.165, 1.54) is 0 Å². The molecule has 1 aromatic carbocycles. The summed E-state index contributed by atoms with van der Waals surface area (Å²) in [4.78, 5) is 15.0. The number of nitrogens with zero attached hydrogens (tertiary/aromatic N) is 1. The Labute approximate surface area is 106 Å². The van der Waals surface area contributed by atoms with Crippen LogP contribution in [-0.4, -0.2) is 17.9 Å². The first-order chi connectivity index (χ1) is 8.74. The summed E-state index contributed by atoms with van der Waals surface area (Å²) in [5, 5.41) is 0. The molecule has 92 valence electrons. The first-order valence-corrected chi connectivity index (χ1v) is 5.89. The zero-order valence-corrected chi connectivity index (χ0v) is 10.5. The van der Waals surface area contributed by atoms with Crippen molar-refractivity contribution in [1.29, 1.82) is 0 Å². The molecule has 0 radical (unpaired) electrons. The van der Waals surface area contributed by atoms with Gasteiger partial charge in [0.15, 0.2) is 0 Å². The number of hydrogen-bond donors (Lipinski definition) is 0. The van der Waals surface area contributed by atoms with Crippen molar-refractivity contribution in [2.75, 3.05) is 6.61 Å². The number of carbonyl (C=O) groups excluding carboxylic acids is 1. The van der Waals surface area contributed by atoms with Gasteiger partial charge in [-0.2, -0.15) is 0 Å². The minimum Gasteiger partial charge on any atom is -0.493 e. The van der Waals surface area contributed by atoms with Gasteiger partial charge in [0, 0.05) is 23.0 Å². The van der Waals surface area contributed by atoms with Crippen LogP contribution in [0, 0.1) is 6.92 Å². The summed E-state index contributed by atoms with van der Waals surface area (Å²) in [5.74, 6) is 0.786. The van der Waals surface area contributed by atoms with Crippen LogP contribution in [0.4, 0.5) is 0 Å². The standard InChI is InChI=1S/C15H15NO2/c1-3-18-15-5-4-12(10-17)9-14(15)13-6-7-16-11(2)8-13/h4-10H,3H2,1-2H3. The number of benzene rings is 1. The molecular formula is C15H15NO2. The van der Waals surface area contributed by atoms with Gasteiger partial charge in [-0.1, -0.05) is 0 Å². The van der Waals surface area contributed by atoms with Gasteiger partial charge in [-0.05, 0) is 49.7 Å². The van der Waals surface area contributed by atoms with Gasteiger partial charge in [-0.15, -0.1) is 0 Å². The van der Waals surface area contributed by atoms with E-state index in [-0.39, 0.29) is 0 Å². The SMILES string of the molecule is CCOc1ccc(C=O)cc1-c1ccnc(C)c1. The number of rotatable bonds is 4. The second-order valence-electron chi connectivity index (χ2n) is 3.99.